The van der Waals surface area contributed by atoms with Crippen LogP contribution in [0.3, 0.4) is 0 Å². The predicted molar refractivity (Wildman–Crippen MR) is 77.5 cm³/mol. The molecule has 7 nitrogen and oxygen atoms in total. The summed E-state index contributed by atoms with van der Waals surface area (Å²) in [5.74, 6) is 0.494. The van der Waals surface area contributed by atoms with Crippen molar-refractivity contribution < 1.29 is 4.92 Å². The Kier molecular flexibility index (Phi) is 3.30. The number of fused-ring (bicyclic) bond motifs is 1. The molecule has 8 heteroatoms. The number of aromatic nitrogens is 4. The Hall–Kier alpha value is -2.48. The van der Waals surface area contributed by atoms with E-state index < -0.39 is 4.92 Å². The fraction of sp³-hybridized carbons (Fsp3) is 0.154. The van der Waals surface area contributed by atoms with Crippen molar-refractivity contribution in [3.8, 4) is 0 Å². The van der Waals surface area contributed by atoms with Gasteiger partial charge < -0.3 is 0 Å². The molecule has 0 spiro atoms. The Morgan fingerprint density at radius 3 is 2.76 bits per heavy atom. The van der Waals surface area contributed by atoms with Crippen molar-refractivity contribution in [1.29, 1.82) is 0 Å². The van der Waals surface area contributed by atoms with Gasteiger partial charge in [-0.25, -0.2) is 9.50 Å². The molecule has 0 atom stereocenters. The fourth-order valence-electron chi connectivity index (χ4n) is 1.98. The average Bonchev–Trinajstić information content (AvgIpc) is 2.81. The number of para-hydroxylation sites is 1. The molecule has 0 unspecified atom stereocenters. The van der Waals surface area contributed by atoms with Gasteiger partial charge in [0.05, 0.1) is 9.82 Å². The van der Waals surface area contributed by atoms with Gasteiger partial charge in [-0.3, -0.25) is 10.1 Å². The molecule has 3 rings (SSSR count). The second-order valence-electron chi connectivity index (χ2n) is 4.47. The summed E-state index contributed by atoms with van der Waals surface area (Å²) in [5, 5.41) is 15.8. The van der Waals surface area contributed by atoms with E-state index in [-0.39, 0.29) is 5.69 Å². The quantitative estimate of drug-likeness (QED) is 0.546. The van der Waals surface area contributed by atoms with Gasteiger partial charge in [0.2, 0.25) is 5.16 Å². The third-order valence-electron chi connectivity index (χ3n) is 2.86. The summed E-state index contributed by atoms with van der Waals surface area (Å²) in [6.07, 6.45) is 0. The number of hydrogen-bond acceptors (Lipinski definition) is 6. The Bertz CT molecular complexity index is 846. The van der Waals surface area contributed by atoms with Crippen LogP contribution in [0.5, 0.6) is 0 Å². The van der Waals surface area contributed by atoms with Crippen LogP contribution in [0.15, 0.2) is 40.4 Å². The fourth-order valence-corrected chi connectivity index (χ4v) is 2.82. The molecule has 0 amide bonds. The minimum atomic E-state index is -0.411. The van der Waals surface area contributed by atoms with E-state index in [4.69, 9.17) is 0 Å². The molecule has 2 aromatic heterocycles. The van der Waals surface area contributed by atoms with E-state index >= 15 is 0 Å². The molecular formula is C13H11N5O2S. The van der Waals surface area contributed by atoms with Crippen molar-refractivity contribution in [3.05, 3.63) is 51.8 Å². The second-order valence-corrected chi connectivity index (χ2v) is 5.48. The summed E-state index contributed by atoms with van der Waals surface area (Å²) in [6, 6.07) is 8.43. The molecule has 21 heavy (non-hydrogen) atoms. The molecule has 0 N–H and O–H groups in total. The highest BCUT2D eigenvalue weighted by atomic mass is 32.2. The van der Waals surface area contributed by atoms with E-state index in [1.54, 1.807) is 22.7 Å². The first kappa shape index (κ1) is 13.5. The van der Waals surface area contributed by atoms with Crippen LogP contribution in [-0.2, 0) is 0 Å². The van der Waals surface area contributed by atoms with E-state index in [0.717, 1.165) is 23.1 Å². The lowest BCUT2D eigenvalue weighted by Crippen LogP contribution is -1.97. The molecule has 106 valence electrons. The molecule has 0 aliphatic carbocycles. The topological polar surface area (TPSA) is 86.2 Å². The summed E-state index contributed by atoms with van der Waals surface area (Å²) in [7, 11) is 0. The van der Waals surface area contributed by atoms with Crippen LogP contribution in [0.1, 0.15) is 11.4 Å². The zero-order chi connectivity index (χ0) is 15.0. The molecule has 0 aliphatic rings. The predicted octanol–water partition coefficient (Wildman–Crippen LogP) is 2.80. The molecule has 0 saturated heterocycles. The number of aryl methyl sites for hydroxylation is 2. The van der Waals surface area contributed by atoms with E-state index in [2.05, 4.69) is 15.1 Å². The van der Waals surface area contributed by atoms with Crippen LogP contribution in [0.4, 0.5) is 5.69 Å². The number of rotatable bonds is 3. The number of hydrogen-bond donors (Lipinski definition) is 0. The molecule has 0 saturated carbocycles. The normalized spacial score (nSPS) is 11.0. The van der Waals surface area contributed by atoms with Crippen molar-refractivity contribution in [1.82, 2.24) is 19.6 Å². The Morgan fingerprint density at radius 2 is 2.00 bits per heavy atom. The Balaban J connectivity index is 2.03. The van der Waals surface area contributed by atoms with Crippen molar-refractivity contribution in [2.24, 2.45) is 0 Å². The van der Waals surface area contributed by atoms with Crippen LogP contribution in [0.2, 0.25) is 0 Å². The maximum atomic E-state index is 11.0. The number of nitro groups is 1. The summed E-state index contributed by atoms with van der Waals surface area (Å²) in [6.45, 7) is 3.80. The van der Waals surface area contributed by atoms with Crippen LogP contribution in [-0.4, -0.2) is 24.5 Å². The monoisotopic (exact) mass is 301 g/mol. The van der Waals surface area contributed by atoms with Gasteiger partial charge in [0.15, 0.2) is 0 Å². The molecule has 0 bridgehead atoms. The van der Waals surface area contributed by atoms with Crippen molar-refractivity contribution in [2.45, 2.75) is 23.9 Å². The molecule has 0 radical (unpaired) electrons. The molecule has 0 fully saturated rings. The van der Waals surface area contributed by atoms with Crippen molar-refractivity contribution >= 4 is 23.2 Å². The zero-order valence-corrected chi connectivity index (χ0v) is 12.2. The average molecular weight is 301 g/mol. The van der Waals surface area contributed by atoms with Crippen LogP contribution in [0, 0.1) is 24.0 Å². The van der Waals surface area contributed by atoms with Gasteiger partial charge in [-0.1, -0.05) is 12.1 Å². The van der Waals surface area contributed by atoms with E-state index in [1.165, 1.54) is 6.07 Å². The van der Waals surface area contributed by atoms with E-state index in [1.807, 2.05) is 19.9 Å². The van der Waals surface area contributed by atoms with E-state index in [9.17, 15) is 10.1 Å². The SMILES string of the molecule is Cc1cc(C)n2nc(Sc3ccccc3[N+](=O)[O-])nc2n1. The highest BCUT2D eigenvalue weighted by Crippen LogP contribution is 2.32. The van der Waals surface area contributed by atoms with Gasteiger partial charge in [-0.15, -0.1) is 5.10 Å². The third-order valence-corrected chi connectivity index (χ3v) is 3.78. The van der Waals surface area contributed by atoms with Crippen LogP contribution >= 0.6 is 11.8 Å². The van der Waals surface area contributed by atoms with Crippen LogP contribution < -0.4 is 0 Å². The van der Waals surface area contributed by atoms with Crippen molar-refractivity contribution in [3.63, 3.8) is 0 Å². The third kappa shape index (κ3) is 2.57. The van der Waals surface area contributed by atoms with Gasteiger partial charge >= 0.3 is 0 Å². The van der Waals surface area contributed by atoms with Crippen molar-refractivity contribution in [2.75, 3.05) is 0 Å². The van der Waals surface area contributed by atoms with E-state index in [0.29, 0.717) is 15.8 Å². The maximum absolute atomic E-state index is 11.0. The smallest absolute Gasteiger partial charge is 0.258 e. The lowest BCUT2D eigenvalue weighted by Gasteiger charge is -1.98. The Labute approximate surface area is 124 Å². The summed E-state index contributed by atoms with van der Waals surface area (Å²) < 4.78 is 1.63. The highest BCUT2D eigenvalue weighted by molar-refractivity contribution is 7.99. The standard InChI is InChI=1S/C13H11N5O2S/c1-8-7-9(2)17-12(14-8)15-13(16-17)21-11-6-4-3-5-10(11)18(19)20/h3-7H,1-2H3. The lowest BCUT2D eigenvalue weighted by molar-refractivity contribution is -0.387. The number of benzene rings is 1. The first-order chi connectivity index (χ1) is 10.0. The first-order valence-corrected chi connectivity index (χ1v) is 6.98. The molecule has 0 aliphatic heterocycles. The van der Waals surface area contributed by atoms with Gasteiger partial charge in [-0.2, -0.15) is 4.98 Å². The van der Waals surface area contributed by atoms with Gasteiger partial charge in [0, 0.05) is 17.5 Å². The highest BCUT2D eigenvalue weighted by Gasteiger charge is 2.16. The summed E-state index contributed by atoms with van der Waals surface area (Å²) >= 11 is 1.16. The first-order valence-electron chi connectivity index (χ1n) is 6.17. The molecule has 1 aromatic carbocycles. The maximum Gasteiger partial charge on any atom is 0.283 e. The van der Waals surface area contributed by atoms with Gasteiger partial charge in [-0.05, 0) is 37.7 Å². The zero-order valence-electron chi connectivity index (χ0n) is 11.3. The molecular weight excluding hydrogens is 290 g/mol. The van der Waals surface area contributed by atoms with Crippen LogP contribution in [0.25, 0.3) is 5.78 Å². The second kappa shape index (κ2) is 5.13. The Morgan fingerprint density at radius 1 is 1.24 bits per heavy atom. The van der Waals surface area contributed by atoms with Gasteiger partial charge in [0.1, 0.15) is 0 Å². The minimum absolute atomic E-state index is 0.0437. The largest absolute Gasteiger partial charge is 0.283 e. The minimum Gasteiger partial charge on any atom is -0.258 e. The van der Waals surface area contributed by atoms with Gasteiger partial charge in [0.25, 0.3) is 11.5 Å². The summed E-state index contributed by atoms with van der Waals surface area (Å²) in [4.78, 5) is 19.7. The molecule has 3 aromatic rings. The molecule has 2 heterocycles. The number of nitrogens with zero attached hydrogens (tertiary/aromatic N) is 5. The number of nitro benzene ring substituents is 1. The summed E-state index contributed by atoms with van der Waals surface area (Å²) in [5.41, 5.74) is 1.82. The lowest BCUT2D eigenvalue weighted by atomic mass is 10.3.